The number of carbonyl (C=O) groups excluding carboxylic acids is 1. The van der Waals surface area contributed by atoms with Gasteiger partial charge in [0.1, 0.15) is 0 Å². The summed E-state index contributed by atoms with van der Waals surface area (Å²) in [4.78, 5) is 19.3. The summed E-state index contributed by atoms with van der Waals surface area (Å²) in [7, 11) is 1.48. The highest BCUT2D eigenvalue weighted by atomic mass is 16.6. The molecule has 1 amide bonds. The van der Waals surface area contributed by atoms with Crippen molar-refractivity contribution < 1.29 is 14.3 Å². The molecule has 1 fully saturated rings. The zero-order valence-corrected chi connectivity index (χ0v) is 13.3. The van der Waals surface area contributed by atoms with Crippen molar-refractivity contribution in [3.8, 4) is 5.75 Å². The molecule has 8 nitrogen and oxygen atoms in total. The Balaban J connectivity index is 1.60. The van der Waals surface area contributed by atoms with Gasteiger partial charge in [-0.2, -0.15) is 0 Å². The van der Waals surface area contributed by atoms with Gasteiger partial charge in [0.25, 0.3) is 0 Å². The molecular weight excluding hydrogens is 310 g/mol. The predicted molar refractivity (Wildman–Crippen MR) is 88.4 cm³/mol. The average Bonchev–Trinajstić information content (AvgIpc) is 2.64. The standard InChI is InChI=1S/C16H19N5O3/c1-17-16(22)24-13-8-19-15(20-9-13)21-12-4-2-11(3-5-12)14-10-18-6-7-23-14/h2-5,8-9,14,18H,6-7,10H2,1H3,(H,17,22)(H,19,20,21)/t14-/m1/s1. The molecule has 3 N–H and O–H groups in total. The molecule has 8 heteroatoms. The molecule has 1 atom stereocenters. The van der Waals surface area contributed by atoms with E-state index in [1.165, 1.54) is 19.4 Å². The van der Waals surface area contributed by atoms with Crippen LogP contribution in [0.3, 0.4) is 0 Å². The molecule has 2 heterocycles. The van der Waals surface area contributed by atoms with Crippen LogP contribution in [0, 0.1) is 0 Å². The number of hydrogen-bond donors (Lipinski definition) is 3. The topological polar surface area (TPSA) is 97.4 Å². The maximum absolute atomic E-state index is 11.1. The number of morpholine rings is 1. The van der Waals surface area contributed by atoms with Crippen molar-refractivity contribution >= 4 is 17.7 Å². The molecule has 0 unspecified atom stereocenters. The van der Waals surface area contributed by atoms with Crippen molar-refractivity contribution in [2.75, 3.05) is 32.1 Å². The van der Waals surface area contributed by atoms with Crippen LogP contribution in [0.25, 0.3) is 0 Å². The largest absolute Gasteiger partial charge is 0.412 e. The molecule has 0 saturated carbocycles. The number of hydrogen-bond acceptors (Lipinski definition) is 7. The fraction of sp³-hybridized carbons (Fsp3) is 0.312. The maximum Gasteiger partial charge on any atom is 0.412 e. The van der Waals surface area contributed by atoms with Crippen LogP contribution in [-0.2, 0) is 4.74 Å². The van der Waals surface area contributed by atoms with E-state index in [9.17, 15) is 4.79 Å². The van der Waals surface area contributed by atoms with E-state index in [1.54, 1.807) is 0 Å². The van der Waals surface area contributed by atoms with Crippen molar-refractivity contribution in [3.05, 3.63) is 42.2 Å². The number of carbonyl (C=O) groups is 1. The molecule has 0 aliphatic carbocycles. The second-order valence-corrected chi connectivity index (χ2v) is 5.19. The molecule has 0 radical (unpaired) electrons. The number of nitrogens with zero attached hydrogens (tertiary/aromatic N) is 2. The van der Waals surface area contributed by atoms with Crippen LogP contribution in [0.5, 0.6) is 5.75 Å². The highest BCUT2D eigenvalue weighted by molar-refractivity contribution is 5.69. The van der Waals surface area contributed by atoms with Crippen molar-refractivity contribution in [3.63, 3.8) is 0 Å². The summed E-state index contributed by atoms with van der Waals surface area (Å²) in [6, 6.07) is 7.93. The first kappa shape index (κ1) is 16.2. The van der Waals surface area contributed by atoms with Gasteiger partial charge in [-0.05, 0) is 17.7 Å². The van der Waals surface area contributed by atoms with E-state index in [4.69, 9.17) is 9.47 Å². The fourth-order valence-corrected chi connectivity index (χ4v) is 2.28. The molecule has 24 heavy (non-hydrogen) atoms. The van der Waals surface area contributed by atoms with Gasteiger partial charge in [-0.3, -0.25) is 0 Å². The van der Waals surface area contributed by atoms with Crippen LogP contribution >= 0.6 is 0 Å². The van der Waals surface area contributed by atoms with E-state index in [0.29, 0.717) is 5.95 Å². The Morgan fingerprint density at radius 3 is 2.67 bits per heavy atom. The minimum Gasteiger partial charge on any atom is -0.407 e. The highest BCUT2D eigenvalue weighted by Gasteiger charge is 2.15. The third kappa shape index (κ3) is 4.18. The fourth-order valence-electron chi connectivity index (χ4n) is 2.28. The maximum atomic E-state index is 11.1. The van der Waals surface area contributed by atoms with Gasteiger partial charge in [0.05, 0.1) is 25.1 Å². The minimum atomic E-state index is -0.561. The molecule has 1 aliphatic heterocycles. The Morgan fingerprint density at radius 2 is 2.04 bits per heavy atom. The Bertz CT molecular complexity index is 669. The number of nitrogens with one attached hydrogen (secondary N) is 3. The van der Waals surface area contributed by atoms with Gasteiger partial charge in [-0.1, -0.05) is 12.1 Å². The quantitative estimate of drug-likeness (QED) is 0.784. The Hall–Kier alpha value is -2.71. The first-order valence-electron chi connectivity index (χ1n) is 7.65. The van der Waals surface area contributed by atoms with Gasteiger partial charge in [0.15, 0.2) is 5.75 Å². The SMILES string of the molecule is CNC(=O)Oc1cnc(Nc2ccc([C@H]3CNCCO3)cc2)nc1. The molecule has 1 saturated heterocycles. The number of aromatic nitrogens is 2. The molecule has 2 aromatic rings. The van der Waals surface area contributed by atoms with Crippen LogP contribution in [0.4, 0.5) is 16.4 Å². The lowest BCUT2D eigenvalue weighted by Gasteiger charge is -2.24. The molecule has 0 bridgehead atoms. The predicted octanol–water partition coefficient (Wildman–Crippen LogP) is 1.60. The van der Waals surface area contributed by atoms with Crippen LogP contribution in [-0.4, -0.2) is 42.8 Å². The van der Waals surface area contributed by atoms with E-state index < -0.39 is 6.09 Å². The summed E-state index contributed by atoms with van der Waals surface area (Å²) in [6.45, 7) is 2.44. The number of benzene rings is 1. The molecule has 126 valence electrons. The zero-order chi connectivity index (χ0) is 16.8. The molecule has 3 rings (SSSR count). The lowest BCUT2D eigenvalue weighted by atomic mass is 10.1. The van der Waals surface area contributed by atoms with E-state index in [2.05, 4.69) is 25.9 Å². The first-order chi connectivity index (χ1) is 11.7. The summed E-state index contributed by atoms with van der Waals surface area (Å²) in [5.41, 5.74) is 1.99. The number of amides is 1. The van der Waals surface area contributed by atoms with Crippen molar-refractivity contribution in [1.82, 2.24) is 20.6 Å². The van der Waals surface area contributed by atoms with Crippen molar-refractivity contribution in [1.29, 1.82) is 0 Å². The normalized spacial score (nSPS) is 17.1. The van der Waals surface area contributed by atoms with Crippen molar-refractivity contribution in [2.45, 2.75) is 6.10 Å². The van der Waals surface area contributed by atoms with E-state index in [1.807, 2.05) is 24.3 Å². The molecular formula is C16H19N5O3. The first-order valence-corrected chi connectivity index (χ1v) is 7.65. The van der Waals surface area contributed by atoms with Crippen LogP contribution in [0.2, 0.25) is 0 Å². The van der Waals surface area contributed by atoms with Crippen molar-refractivity contribution in [2.24, 2.45) is 0 Å². The Labute approximate surface area is 139 Å². The third-order valence-corrected chi connectivity index (χ3v) is 3.51. The lowest BCUT2D eigenvalue weighted by molar-refractivity contribution is 0.0277. The molecule has 0 spiro atoms. The minimum absolute atomic E-state index is 0.0881. The van der Waals surface area contributed by atoms with E-state index in [-0.39, 0.29) is 11.9 Å². The number of ether oxygens (including phenoxy) is 2. The van der Waals surface area contributed by atoms with Gasteiger partial charge in [-0.25, -0.2) is 14.8 Å². The lowest BCUT2D eigenvalue weighted by Crippen LogP contribution is -2.33. The summed E-state index contributed by atoms with van der Waals surface area (Å²) in [5, 5.41) is 8.76. The third-order valence-electron chi connectivity index (χ3n) is 3.51. The van der Waals surface area contributed by atoms with Gasteiger partial charge < -0.3 is 25.4 Å². The number of anilines is 2. The van der Waals surface area contributed by atoms with Gasteiger partial charge >= 0.3 is 6.09 Å². The van der Waals surface area contributed by atoms with Gasteiger partial charge in [0.2, 0.25) is 5.95 Å². The Kier molecular flexibility index (Phi) is 5.19. The van der Waals surface area contributed by atoms with Crippen LogP contribution in [0.15, 0.2) is 36.7 Å². The molecule has 1 aliphatic rings. The monoisotopic (exact) mass is 329 g/mol. The van der Waals surface area contributed by atoms with Gasteiger partial charge in [0, 0.05) is 25.8 Å². The summed E-state index contributed by atoms with van der Waals surface area (Å²) in [6.07, 6.45) is 2.39. The molecule has 1 aromatic carbocycles. The summed E-state index contributed by atoms with van der Waals surface area (Å²) >= 11 is 0. The van der Waals surface area contributed by atoms with Crippen LogP contribution in [0.1, 0.15) is 11.7 Å². The second kappa shape index (κ2) is 7.71. The van der Waals surface area contributed by atoms with E-state index in [0.717, 1.165) is 30.9 Å². The smallest absolute Gasteiger partial charge is 0.407 e. The van der Waals surface area contributed by atoms with E-state index >= 15 is 0 Å². The summed E-state index contributed by atoms with van der Waals surface area (Å²) in [5.74, 6) is 0.694. The second-order valence-electron chi connectivity index (χ2n) is 5.19. The zero-order valence-electron chi connectivity index (χ0n) is 13.3. The van der Waals surface area contributed by atoms with Crippen LogP contribution < -0.4 is 20.7 Å². The number of rotatable bonds is 4. The summed E-state index contributed by atoms with van der Waals surface area (Å²) < 4.78 is 10.7. The van der Waals surface area contributed by atoms with Gasteiger partial charge in [-0.15, -0.1) is 0 Å². The Morgan fingerprint density at radius 1 is 1.29 bits per heavy atom. The molecule has 1 aromatic heterocycles. The highest BCUT2D eigenvalue weighted by Crippen LogP contribution is 2.22. The average molecular weight is 329 g/mol.